The minimum Gasteiger partial charge on any atom is -0.463 e. The summed E-state index contributed by atoms with van der Waals surface area (Å²) in [5.74, 6) is 0.0276. The van der Waals surface area contributed by atoms with Crippen LogP contribution in [-0.4, -0.2) is 35.9 Å². The van der Waals surface area contributed by atoms with Crippen molar-refractivity contribution in [3.63, 3.8) is 0 Å². The summed E-state index contributed by atoms with van der Waals surface area (Å²) in [5.41, 5.74) is 0.824. The first kappa shape index (κ1) is 14.7. The van der Waals surface area contributed by atoms with E-state index in [4.69, 9.17) is 4.74 Å². The van der Waals surface area contributed by atoms with Crippen LogP contribution in [-0.2, 0) is 4.74 Å². The number of rotatable bonds is 6. The van der Waals surface area contributed by atoms with Gasteiger partial charge in [0.15, 0.2) is 6.04 Å². The van der Waals surface area contributed by atoms with Crippen LogP contribution in [0, 0.1) is 5.92 Å². The Bertz CT molecular complexity index is 378. The largest absolute Gasteiger partial charge is 0.463 e. The summed E-state index contributed by atoms with van der Waals surface area (Å²) in [6.07, 6.45) is -0.664. The second kappa shape index (κ2) is 7.13. The maximum Gasteiger partial charge on any atom is 0.337 e. The molecule has 0 saturated heterocycles. The summed E-state index contributed by atoms with van der Waals surface area (Å²) < 4.78 is 4.97. The first-order valence-corrected chi connectivity index (χ1v) is 6.10. The Morgan fingerprint density at radius 3 is 2.44 bits per heavy atom. The molecule has 0 fully saturated rings. The van der Waals surface area contributed by atoms with Gasteiger partial charge in [0.25, 0.3) is 0 Å². The molecule has 0 spiro atoms. The van der Waals surface area contributed by atoms with Crippen LogP contribution in [0.15, 0.2) is 30.3 Å². The Balaban J connectivity index is 2.70. The molecule has 0 aromatic heterocycles. The highest BCUT2D eigenvalue weighted by Gasteiger charge is 2.23. The van der Waals surface area contributed by atoms with Gasteiger partial charge in [-0.05, 0) is 12.5 Å². The van der Waals surface area contributed by atoms with Gasteiger partial charge < -0.3 is 14.9 Å². The fraction of sp³-hybridized carbons (Fsp3) is 0.500. The van der Waals surface area contributed by atoms with E-state index >= 15 is 0 Å². The highest BCUT2D eigenvalue weighted by Crippen LogP contribution is 2.13. The second-order valence-electron chi connectivity index (χ2n) is 4.53. The topological polar surface area (TPSA) is 63.7 Å². The van der Waals surface area contributed by atoms with Gasteiger partial charge in [-0.1, -0.05) is 30.3 Å². The molecule has 3 atom stereocenters. The minimum absolute atomic E-state index is 0.111. The van der Waals surface area contributed by atoms with E-state index in [1.807, 2.05) is 44.2 Å². The van der Waals surface area contributed by atoms with Gasteiger partial charge in [0.1, 0.15) is 12.0 Å². The summed E-state index contributed by atoms with van der Waals surface area (Å²) in [5, 5.41) is 20.0. The van der Waals surface area contributed by atoms with E-state index in [1.54, 1.807) is 7.11 Å². The normalized spacial score (nSPS) is 17.2. The molecule has 4 heteroatoms. The van der Waals surface area contributed by atoms with Gasteiger partial charge in [0.2, 0.25) is 0 Å². The number of ether oxygens (including phenoxy) is 1. The van der Waals surface area contributed by atoms with E-state index in [9.17, 15) is 10.2 Å². The predicted molar refractivity (Wildman–Crippen MR) is 70.5 cm³/mol. The molecule has 0 aliphatic carbocycles. The number of aliphatic hydroxyl groups is 2. The minimum atomic E-state index is -0.664. The van der Waals surface area contributed by atoms with Gasteiger partial charge in [0.05, 0.1) is 6.61 Å². The molecule has 0 aliphatic rings. The van der Waals surface area contributed by atoms with Crippen molar-refractivity contribution in [2.75, 3.05) is 13.7 Å². The van der Waals surface area contributed by atoms with E-state index < -0.39 is 6.10 Å². The van der Waals surface area contributed by atoms with Crippen LogP contribution in [0.4, 0.5) is 0 Å². The number of benzene rings is 1. The van der Waals surface area contributed by atoms with Crippen LogP contribution in [0.5, 0.6) is 0 Å². The van der Waals surface area contributed by atoms with Crippen LogP contribution >= 0.6 is 0 Å². The van der Waals surface area contributed by atoms with Gasteiger partial charge in [-0.3, -0.25) is 0 Å². The van der Waals surface area contributed by atoms with Crippen molar-refractivity contribution in [3.05, 3.63) is 35.9 Å². The molecule has 1 aromatic carbocycles. The molecule has 18 heavy (non-hydrogen) atoms. The standard InChI is InChI=1S/C14H21NO3/c1-10(9-18-3)14(17)15-11(2)13(16)12-7-5-4-6-8-12/h4-8,10-11,13,16H,9H2,1-3H3,(H,15,17)/p+1/t10-,11-,13-/m1/s1. The summed E-state index contributed by atoms with van der Waals surface area (Å²) in [6, 6.07) is 9.10. The predicted octanol–water partition coefficient (Wildman–Crippen LogP) is 0.428. The lowest BCUT2D eigenvalue weighted by molar-refractivity contribution is -0.523. The molecule has 0 radical (unpaired) electrons. The first-order chi connectivity index (χ1) is 8.56. The van der Waals surface area contributed by atoms with E-state index in [0.29, 0.717) is 6.61 Å². The fourth-order valence-corrected chi connectivity index (χ4v) is 1.72. The third kappa shape index (κ3) is 4.13. The third-order valence-corrected chi connectivity index (χ3v) is 2.87. The Morgan fingerprint density at radius 1 is 1.28 bits per heavy atom. The van der Waals surface area contributed by atoms with Crippen molar-refractivity contribution >= 4 is 5.90 Å². The summed E-state index contributed by atoms with van der Waals surface area (Å²) in [7, 11) is 1.59. The van der Waals surface area contributed by atoms with Gasteiger partial charge in [-0.25, -0.2) is 4.99 Å². The number of aliphatic hydroxyl groups excluding tert-OH is 2. The Labute approximate surface area is 108 Å². The molecule has 100 valence electrons. The molecule has 0 saturated carbocycles. The quantitative estimate of drug-likeness (QED) is 0.508. The van der Waals surface area contributed by atoms with Crippen LogP contribution in [0.2, 0.25) is 0 Å². The Kier molecular flexibility index (Phi) is 5.82. The molecule has 1 aromatic rings. The lowest BCUT2D eigenvalue weighted by Gasteiger charge is -2.12. The van der Waals surface area contributed by atoms with Crippen molar-refractivity contribution in [1.29, 1.82) is 0 Å². The van der Waals surface area contributed by atoms with Gasteiger partial charge in [-0.2, -0.15) is 0 Å². The van der Waals surface area contributed by atoms with Gasteiger partial charge in [-0.15, -0.1) is 0 Å². The molecule has 1 rings (SSSR count). The molecule has 0 bridgehead atoms. The van der Waals surface area contributed by atoms with Crippen LogP contribution in [0.3, 0.4) is 0 Å². The number of hydrogen-bond donors (Lipinski definition) is 3. The summed E-state index contributed by atoms with van der Waals surface area (Å²) >= 11 is 0. The lowest BCUT2D eigenvalue weighted by Crippen LogP contribution is -2.81. The van der Waals surface area contributed by atoms with Crippen LogP contribution in [0.1, 0.15) is 25.5 Å². The Morgan fingerprint density at radius 2 is 1.89 bits per heavy atom. The third-order valence-electron chi connectivity index (χ3n) is 2.87. The Hall–Kier alpha value is -1.39. The van der Waals surface area contributed by atoms with Crippen molar-refractivity contribution in [3.8, 4) is 0 Å². The zero-order valence-corrected chi connectivity index (χ0v) is 11.1. The highest BCUT2D eigenvalue weighted by atomic mass is 16.5. The summed E-state index contributed by atoms with van der Waals surface area (Å²) in [4.78, 5) is 2.90. The SMILES string of the molecule is COC[C@@H](C)C(O)=[NH+][C@H](C)[C@@H](O)c1ccccc1. The zero-order valence-electron chi connectivity index (χ0n) is 11.1. The van der Waals surface area contributed by atoms with Gasteiger partial charge in [0, 0.05) is 14.0 Å². The fourth-order valence-electron chi connectivity index (χ4n) is 1.72. The lowest BCUT2D eigenvalue weighted by atomic mass is 10.0. The number of methoxy groups -OCH3 is 1. The van der Waals surface area contributed by atoms with E-state index in [1.165, 1.54) is 0 Å². The first-order valence-electron chi connectivity index (χ1n) is 6.10. The molecule has 0 heterocycles. The summed E-state index contributed by atoms with van der Waals surface area (Å²) in [6.45, 7) is 4.12. The molecular weight excluding hydrogens is 230 g/mol. The van der Waals surface area contributed by atoms with Crippen molar-refractivity contribution < 1.29 is 19.9 Å². The maximum absolute atomic E-state index is 10.1. The molecule has 3 N–H and O–H groups in total. The van der Waals surface area contributed by atoms with Crippen molar-refractivity contribution in [2.24, 2.45) is 5.92 Å². The van der Waals surface area contributed by atoms with Crippen molar-refractivity contribution in [2.45, 2.75) is 26.0 Å². The van der Waals surface area contributed by atoms with Crippen LogP contribution in [0.25, 0.3) is 0 Å². The van der Waals surface area contributed by atoms with Gasteiger partial charge >= 0.3 is 5.90 Å². The average Bonchev–Trinajstić information content (AvgIpc) is 2.39. The highest BCUT2D eigenvalue weighted by molar-refractivity contribution is 5.70. The average molecular weight is 252 g/mol. The molecule has 4 nitrogen and oxygen atoms in total. The van der Waals surface area contributed by atoms with E-state index in [0.717, 1.165) is 5.56 Å². The van der Waals surface area contributed by atoms with E-state index in [2.05, 4.69) is 4.99 Å². The second-order valence-corrected chi connectivity index (χ2v) is 4.53. The number of nitrogens with one attached hydrogen (secondary N) is 1. The van der Waals surface area contributed by atoms with Crippen molar-refractivity contribution in [1.82, 2.24) is 0 Å². The number of hydrogen-bond acceptors (Lipinski definition) is 2. The molecular formula is C14H22NO3+. The molecule has 0 unspecified atom stereocenters. The molecule has 0 amide bonds. The maximum atomic E-state index is 10.1. The zero-order chi connectivity index (χ0) is 13.5. The smallest absolute Gasteiger partial charge is 0.337 e. The molecule has 0 aliphatic heterocycles. The van der Waals surface area contributed by atoms with E-state index in [-0.39, 0.29) is 17.9 Å². The van der Waals surface area contributed by atoms with Crippen LogP contribution < -0.4 is 4.99 Å². The monoisotopic (exact) mass is 252 g/mol.